The third kappa shape index (κ3) is 2.91. The van der Waals surface area contributed by atoms with Crippen LogP contribution in [0.25, 0.3) is 0 Å². The van der Waals surface area contributed by atoms with E-state index < -0.39 is 18.6 Å². The Bertz CT molecular complexity index is 403. The first-order valence-electron chi connectivity index (χ1n) is 5.49. The summed E-state index contributed by atoms with van der Waals surface area (Å²) in [6.45, 7) is 0.613. The van der Waals surface area contributed by atoms with E-state index in [1.165, 1.54) is 0 Å². The molecule has 0 bridgehead atoms. The summed E-state index contributed by atoms with van der Waals surface area (Å²) in [5, 5.41) is 2.71. The maximum atomic E-state index is 12.4. The summed E-state index contributed by atoms with van der Waals surface area (Å²) in [5.41, 5.74) is 1.65. The molecule has 17 heavy (non-hydrogen) atoms. The zero-order valence-corrected chi connectivity index (χ0v) is 9.47. The molecular weight excluding hydrogens is 231 g/mol. The van der Waals surface area contributed by atoms with Gasteiger partial charge < -0.3 is 10.1 Å². The van der Waals surface area contributed by atoms with E-state index in [4.69, 9.17) is 4.74 Å². The second-order valence-corrected chi connectivity index (χ2v) is 4.13. The fourth-order valence-corrected chi connectivity index (χ4v) is 2.04. The van der Waals surface area contributed by atoms with Gasteiger partial charge in [0.2, 0.25) is 0 Å². The molecule has 1 aliphatic rings. The molecule has 1 aliphatic heterocycles. The largest absolute Gasteiger partial charge is 0.493 e. The molecule has 0 aliphatic carbocycles. The first-order chi connectivity index (χ1) is 7.99. The van der Waals surface area contributed by atoms with Gasteiger partial charge in [-0.2, -0.15) is 13.2 Å². The van der Waals surface area contributed by atoms with Crippen molar-refractivity contribution in [1.82, 2.24) is 5.32 Å². The Morgan fingerprint density at radius 2 is 2.18 bits per heavy atom. The van der Waals surface area contributed by atoms with Crippen LogP contribution in [0.4, 0.5) is 13.2 Å². The lowest BCUT2D eigenvalue weighted by molar-refractivity contribution is -0.140. The number of nitrogens with one attached hydrogen (secondary N) is 1. The number of fused-ring (bicyclic) bond motifs is 1. The fraction of sp³-hybridized carbons (Fsp3) is 0.500. The zero-order valence-electron chi connectivity index (χ0n) is 9.47. The molecule has 0 spiro atoms. The van der Waals surface area contributed by atoms with Gasteiger partial charge in [0.25, 0.3) is 0 Å². The highest BCUT2D eigenvalue weighted by molar-refractivity contribution is 5.40. The number of hydrogen-bond acceptors (Lipinski definition) is 2. The van der Waals surface area contributed by atoms with Crippen LogP contribution in [0, 0.1) is 0 Å². The van der Waals surface area contributed by atoms with Crippen LogP contribution in [0.5, 0.6) is 5.75 Å². The van der Waals surface area contributed by atoms with Crippen LogP contribution in [-0.4, -0.2) is 19.8 Å². The molecule has 0 fully saturated rings. The number of hydrogen-bond donors (Lipinski definition) is 1. The van der Waals surface area contributed by atoms with Crippen LogP contribution in [0.1, 0.15) is 23.6 Å². The average molecular weight is 245 g/mol. The second-order valence-electron chi connectivity index (χ2n) is 4.13. The Kier molecular flexibility index (Phi) is 3.28. The molecule has 2 rings (SSSR count). The van der Waals surface area contributed by atoms with Crippen LogP contribution in [-0.2, 0) is 6.42 Å². The minimum Gasteiger partial charge on any atom is -0.493 e. The van der Waals surface area contributed by atoms with Crippen molar-refractivity contribution in [2.75, 3.05) is 13.7 Å². The van der Waals surface area contributed by atoms with E-state index in [-0.39, 0.29) is 0 Å². The Morgan fingerprint density at radius 1 is 1.41 bits per heavy atom. The molecule has 0 aromatic heterocycles. The molecular formula is C12H14F3NO. The fourth-order valence-electron chi connectivity index (χ4n) is 2.04. The standard InChI is InChI=1S/C12H14F3NO/c1-16-10(7-12(13,14)15)8-2-3-11-9(6-8)4-5-17-11/h2-3,6,10,16H,4-5,7H2,1H3. The van der Waals surface area contributed by atoms with Gasteiger partial charge in [0, 0.05) is 12.5 Å². The van der Waals surface area contributed by atoms with E-state index in [9.17, 15) is 13.2 Å². The zero-order chi connectivity index (χ0) is 12.5. The van der Waals surface area contributed by atoms with Crippen molar-refractivity contribution in [3.05, 3.63) is 29.3 Å². The summed E-state index contributed by atoms with van der Waals surface area (Å²) in [7, 11) is 1.54. The summed E-state index contributed by atoms with van der Waals surface area (Å²) in [6, 6.07) is 4.55. The van der Waals surface area contributed by atoms with Crippen LogP contribution in [0.2, 0.25) is 0 Å². The number of rotatable bonds is 3. The molecule has 0 saturated heterocycles. The summed E-state index contributed by atoms with van der Waals surface area (Å²) in [4.78, 5) is 0. The van der Waals surface area contributed by atoms with E-state index in [2.05, 4.69) is 5.32 Å². The lowest BCUT2D eigenvalue weighted by Crippen LogP contribution is -2.23. The monoisotopic (exact) mass is 245 g/mol. The van der Waals surface area contributed by atoms with Crippen molar-refractivity contribution >= 4 is 0 Å². The lowest BCUT2D eigenvalue weighted by atomic mass is 10.00. The first kappa shape index (κ1) is 12.2. The van der Waals surface area contributed by atoms with Crippen molar-refractivity contribution in [3.63, 3.8) is 0 Å². The third-order valence-electron chi connectivity index (χ3n) is 2.90. The Hall–Kier alpha value is -1.23. The van der Waals surface area contributed by atoms with Gasteiger partial charge in [-0.25, -0.2) is 0 Å². The van der Waals surface area contributed by atoms with Crippen LogP contribution < -0.4 is 10.1 Å². The van der Waals surface area contributed by atoms with Gasteiger partial charge in [0.15, 0.2) is 0 Å². The molecule has 1 atom stereocenters. The summed E-state index contributed by atoms with van der Waals surface area (Å²) >= 11 is 0. The minimum absolute atomic E-state index is 0.613. The van der Waals surface area contributed by atoms with E-state index in [1.807, 2.05) is 0 Å². The molecule has 94 valence electrons. The van der Waals surface area contributed by atoms with Gasteiger partial charge in [-0.15, -0.1) is 0 Å². The normalized spacial score (nSPS) is 16.5. The lowest BCUT2D eigenvalue weighted by Gasteiger charge is -2.19. The highest BCUT2D eigenvalue weighted by atomic mass is 19.4. The van der Waals surface area contributed by atoms with Gasteiger partial charge in [-0.05, 0) is 24.2 Å². The van der Waals surface area contributed by atoms with E-state index in [0.717, 1.165) is 17.7 Å². The highest BCUT2D eigenvalue weighted by Crippen LogP contribution is 2.33. The van der Waals surface area contributed by atoms with Crippen molar-refractivity contribution in [3.8, 4) is 5.75 Å². The predicted molar refractivity (Wildman–Crippen MR) is 58.1 cm³/mol. The summed E-state index contributed by atoms with van der Waals surface area (Å²) in [5.74, 6) is 0.788. The maximum Gasteiger partial charge on any atom is 0.390 e. The SMILES string of the molecule is CNC(CC(F)(F)F)c1ccc2c(c1)CCO2. The average Bonchev–Trinajstić information content (AvgIpc) is 2.71. The van der Waals surface area contributed by atoms with Crippen molar-refractivity contribution in [2.24, 2.45) is 0 Å². The summed E-state index contributed by atoms with van der Waals surface area (Å²) < 4.78 is 42.5. The van der Waals surface area contributed by atoms with Crippen LogP contribution in [0.15, 0.2) is 18.2 Å². The topological polar surface area (TPSA) is 21.3 Å². The quantitative estimate of drug-likeness (QED) is 0.884. The molecule has 1 heterocycles. The molecule has 5 heteroatoms. The third-order valence-corrected chi connectivity index (χ3v) is 2.90. The smallest absolute Gasteiger partial charge is 0.390 e. The Morgan fingerprint density at radius 3 is 2.82 bits per heavy atom. The molecule has 0 amide bonds. The molecule has 2 nitrogen and oxygen atoms in total. The molecule has 1 N–H and O–H groups in total. The van der Waals surface area contributed by atoms with Gasteiger partial charge in [-0.3, -0.25) is 0 Å². The molecule has 1 aromatic carbocycles. The number of alkyl halides is 3. The number of ether oxygens (including phenoxy) is 1. The van der Waals surface area contributed by atoms with Crippen molar-refractivity contribution in [1.29, 1.82) is 0 Å². The van der Waals surface area contributed by atoms with Gasteiger partial charge in [0.1, 0.15) is 5.75 Å². The van der Waals surface area contributed by atoms with Crippen LogP contribution in [0.3, 0.4) is 0 Å². The van der Waals surface area contributed by atoms with E-state index in [1.54, 1.807) is 25.2 Å². The molecule has 1 aromatic rings. The van der Waals surface area contributed by atoms with Gasteiger partial charge in [0.05, 0.1) is 13.0 Å². The predicted octanol–water partition coefficient (Wildman–Crippen LogP) is 2.83. The maximum absolute atomic E-state index is 12.4. The van der Waals surface area contributed by atoms with Crippen molar-refractivity contribution < 1.29 is 17.9 Å². The Balaban J connectivity index is 2.20. The van der Waals surface area contributed by atoms with E-state index in [0.29, 0.717) is 12.2 Å². The first-order valence-corrected chi connectivity index (χ1v) is 5.49. The molecule has 0 radical (unpaired) electrons. The van der Waals surface area contributed by atoms with E-state index >= 15 is 0 Å². The van der Waals surface area contributed by atoms with Crippen LogP contribution >= 0.6 is 0 Å². The van der Waals surface area contributed by atoms with Gasteiger partial charge >= 0.3 is 6.18 Å². The highest BCUT2D eigenvalue weighted by Gasteiger charge is 2.32. The van der Waals surface area contributed by atoms with Crippen molar-refractivity contribution in [2.45, 2.75) is 25.1 Å². The molecule has 0 saturated carbocycles. The number of halogens is 3. The number of benzene rings is 1. The minimum atomic E-state index is -4.16. The second kappa shape index (κ2) is 4.56. The van der Waals surface area contributed by atoms with Gasteiger partial charge in [-0.1, -0.05) is 12.1 Å². The Labute approximate surface area is 97.8 Å². The molecule has 1 unspecified atom stereocenters. The summed E-state index contributed by atoms with van der Waals surface area (Å²) in [6.07, 6.45) is -4.25.